The fourth-order valence-corrected chi connectivity index (χ4v) is 1.98. The van der Waals surface area contributed by atoms with Crippen LogP contribution >= 0.6 is 28.1 Å². The van der Waals surface area contributed by atoms with E-state index in [1.807, 2.05) is 26.0 Å². The van der Waals surface area contributed by atoms with Crippen molar-refractivity contribution in [2.24, 2.45) is 0 Å². The number of hydrazine groups is 1. The number of carbonyl (C=O) groups is 1. The molecule has 0 aromatic heterocycles. The molecule has 3 N–H and O–H groups in total. The van der Waals surface area contributed by atoms with Crippen molar-refractivity contribution in [3.63, 3.8) is 0 Å². The molecular weight excluding hydrogens is 342 g/mol. The lowest BCUT2D eigenvalue weighted by atomic mass is 10.3. The smallest absolute Gasteiger partial charge is 0.279 e. The molecule has 7 heteroatoms. The highest BCUT2D eigenvalue weighted by Crippen LogP contribution is 2.18. The molecule has 110 valence electrons. The van der Waals surface area contributed by atoms with Crippen molar-refractivity contribution in [2.45, 2.75) is 32.9 Å². The van der Waals surface area contributed by atoms with Crippen LogP contribution in [0.4, 0.5) is 0 Å². The lowest BCUT2D eigenvalue weighted by Gasteiger charge is -2.17. The van der Waals surface area contributed by atoms with Gasteiger partial charge in [-0.2, -0.15) is 0 Å². The fraction of sp³-hybridized carbons (Fsp3) is 0.385. The van der Waals surface area contributed by atoms with Crippen LogP contribution in [0.3, 0.4) is 0 Å². The monoisotopic (exact) mass is 359 g/mol. The van der Waals surface area contributed by atoms with Crippen molar-refractivity contribution in [3.8, 4) is 5.75 Å². The first kappa shape index (κ1) is 16.7. The Kier molecular flexibility index (Phi) is 6.74. The van der Waals surface area contributed by atoms with Gasteiger partial charge in [-0.15, -0.1) is 0 Å². The Bertz CT molecular complexity index is 482. The third-order valence-corrected chi connectivity index (χ3v) is 2.91. The molecule has 0 aliphatic heterocycles. The molecule has 1 aromatic carbocycles. The summed E-state index contributed by atoms with van der Waals surface area (Å²) in [6.45, 7) is 5.57. The van der Waals surface area contributed by atoms with Gasteiger partial charge in [-0.25, -0.2) is 0 Å². The molecule has 0 bridgehead atoms. The molecule has 0 heterocycles. The summed E-state index contributed by atoms with van der Waals surface area (Å²) in [5.41, 5.74) is 5.12. The average Bonchev–Trinajstić information content (AvgIpc) is 2.35. The van der Waals surface area contributed by atoms with Crippen molar-refractivity contribution >= 4 is 39.2 Å². The first-order chi connectivity index (χ1) is 9.38. The summed E-state index contributed by atoms with van der Waals surface area (Å²) in [4.78, 5) is 11.8. The van der Waals surface area contributed by atoms with Gasteiger partial charge >= 0.3 is 0 Å². The van der Waals surface area contributed by atoms with Gasteiger partial charge in [0.1, 0.15) is 5.75 Å². The molecule has 1 amide bonds. The van der Waals surface area contributed by atoms with Gasteiger partial charge in [-0.3, -0.25) is 15.6 Å². The topological polar surface area (TPSA) is 62.4 Å². The molecule has 0 unspecified atom stereocenters. The van der Waals surface area contributed by atoms with Gasteiger partial charge < -0.3 is 10.1 Å². The van der Waals surface area contributed by atoms with Crippen LogP contribution in [0.15, 0.2) is 28.7 Å². The number of nitrogens with one attached hydrogen (secondary N) is 3. The molecule has 0 radical (unpaired) electrons. The Labute approximate surface area is 132 Å². The van der Waals surface area contributed by atoms with Crippen LogP contribution in [0.5, 0.6) is 5.75 Å². The summed E-state index contributed by atoms with van der Waals surface area (Å²) in [5.74, 6) is 0.308. The molecule has 20 heavy (non-hydrogen) atoms. The van der Waals surface area contributed by atoms with Gasteiger partial charge in [0.15, 0.2) is 11.2 Å². The number of hydrogen-bond donors (Lipinski definition) is 3. The molecule has 1 rings (SSSR count). The average molecular weight is 360 g/mol. The number of benzene rings is 1. The Balaban J connectivity index is 2.41. The van der Waals surface area contributed by atoms with Crippen molar-refractivity contribution in [1.82, 2.24) is 16.2 Å². The Morgan fingerprint density at radius 2 is 2.00 bits per heavy atom. The van der Waals surface area contributed by atoms with E-state index in [1.54, 1.807) is 19.1 Å². The number of ether oxygens (including phenoxy) is 1. The lowest BCUT2D eigenvalue weighted by molar-refractivity contribution is -0.127. The summed E-state index contributed by atoms with van der Waals surface area (Å²) in [6.07, 6.45) is -0.640. The van der Waals surface area contributed by atoms with Crippen LogP contribution in [-0.2, 0) is 4.79 Å². The van der Waals surface area contributed by atoms with E-state index in [4.69, 9.17) is 17.0 Å². The molecule has 5 nitrogen and oxygen atoms in total. The summed E-state index contributed by atoms with van der Waals surface area (Å²) >= 11 is 8.34. The summed E-state index contributed by atoms with van der Waals surface area (Å²) < 4.78 is 6.42. The van der Waals surface area contributed by atoms with Crippen LogP contribution in [0.25, 0.3) is 0 Å². The maximum atomic E-state index is 11.8. The number of thiocarbonyl (C=S) groups is 1. The van der Waals surface area contributed by atoms with E-state index in [1.165, 1.54) is 0 Å². The van der Waals surface area contributed by atoms with E-state index in [-0.39, 0.29) is 11.9 Å². The highest BCUT2D eigenvalue weighted by Gasteiger charge is 2.14. The van der Waals surface area contributed by atoms with Crippen molar-refractivity contribution in [3.05, 3.63) is 28.7 Å². The zero-order valence-corrected chi connectivity index (χ0v) is 14.0. The van der Waals surface area contributed by atoms with Crippen LogP contribution in [0, 0.1) is 0 Å². The summed E-state index contributed by atoms with van der Waals surface area (Å²) in [7, 11) is 0. The van der Waals surface area contributed by atoms with E-state index in [2.05, 4.69) is 32.1 Å². The number of hydrogen-bond acceptors (Lipinski definition) is 3. The van der Waals surface area contributed by atoms with E-state index in [0.717, 1.165) is 4.47 Å². The highest BCUT2D eigenvalue weighted by molar-refractivity contribution is 9.10. The first-order valence-electron chi connectivity index (χ1n) is 6.17. The number of halogens is 1. The molecule has 0 aliphatic carbocycles. The standard InChI is InChI=1S/C13H18BrN3O2S/c1-8(2)15-13(20)17-16-12(18)9(3)19-11-6-4-5-10(14)7-11/h4-9H,1-3H3,(H,16,18)(H2,15,17,20)/t9-/m1/s1. The van der Waals surface area contributed by atoms with Crippen molar-refractivity contribution in [2.75, 3.05) is 0 Å². The fourth-order valence-electron chi connectivity index (χ4n) is 1.32. The van der Waals surface area contributed by atoms with Crippen LogP contribution in [-0.4, -0.2) is 23.2 Å². The zero-order valence-electron chi connectivity index (χ0n) is 11.6. The second-order valence-corrected chi connectivity index (χ2v) is 5.78. The summed E-state index contributed by atoms with van der Waals surface area (Å²) in [6, 6.07) is 7.50. The Morgan fingerprint density at radius 1 is 1.30 bits per heavy atom. The third kappa shape index (κ3) is 6.21. The second-order valence-electron chi connectivity index (χ2n) is 4.46. The molecule has 0 aliphatic rings. The maximum Gasteiger partial charge on any atom is 0.279 e. The normalized spacial score (nSPS) is 11.7. The number of amides is 1. The molecule has 0 saturated heterocycles. The van der Waals surface area contributed by atoms with Gasteiger partial charge in [0, 0.05) is 10.5 Å². The quantitative estimate of drug-likeness (QED) is 0.567. The minimum absolute atomic E-state index is 0.197. The van der Waals surface area contributed by atoms with Crippen molar-refractivity contribution in [1.29, 1.82) is 0 Å². The second kappa shape index (κ2) is 8.06. The van der Waals surface area contributed by atoms with E-state index in [9.17, 15) is 4.79 Å². The predicted molar refractivity (Wildman–Crippen MR) is 86.4 cm³/mol. The molecule has 0 spiro atoms. The van der Waals surface area contributed by atoms with Gasteiger partial charge in [0.05, 0.1) is 0 Å². The number of carbonyl (C=O) groups excluding carboxylic acids is 1. The third-order valence-electron chi connectivity index (χ3n) is 2.20. The SMILES string of the molecule is CC(C)NC(=S)NNC(=O)[C@@H](C)Oc1cccc(Br)c1. The highest BCUT2D eigenvalue weighted by atomic mass is 79.9. The molecule has 0 fully saturated rings. The van der Waals surface area contributed by atoms with Gasteiger partial charge in [-0.1, -0.05) is 22.0 Å². The first-order valence-corrected chi connectivity index (χ1v) is 7.37. The van der Waals surface area contributed by atoms with E-state index >= 15 is 0 Å². The van der Waals surface area contributed by atoms with Crippen LogP contribution in [0.1, 0.15) is 20.8 Å². The molecule has 0 saturated carbocycles. The lowest BCUT2D eigenvalue weighted by Crippen LogP contribution is -2.51. The van der Waals surface area contributed by atoms with Crippen LogP contribution < -0.4 is 20.9 Å². The molecule has 1 atom stereocenters. The van der Waals surface area contributed by atoms with Gasteiger partial charge in [0.25, 0.3) is 5.91 Å². The minimum Gasteiger partial charge on any atom is -0.481 e. The van der Waals surface area contributed by atoms with Gasteiger partial charge in [0.2, 0.25) is 0 Å². The Morgan fingerprint density at radius 3 is 2.60 bits per heavy atom. The summed E-state index contributed by atoms with van der Waals surface area (Å²) in [5, 5.41) is 3.32. The van der Waals surface area contributed by atoms with E-state index in [0.29, 0.717) is 10.9 Å². The number of rotatable bonds is 4. The van der Waals surface area contributed by atoms with Gasteiger partial charge in [-0.05, 0) is 51.2 Å². The predicted octanol–water partition coefficient (Wildman–Crippen LogP) is 2.12. The van der Waals surface area contributed by atoms with Crippen LogP contribution in [0.2, 0.25) is 0 Å². The minimum atomic E-state index is -0.640. The Hall–Kier alpha value is -1.34. The molecular formula is C13H18BrN3O2S. The van der Waals surface area contributed by atoms with Crippen molar-refractivity contribution < 1.29 is 9.53 Å². The van der Waals surface area contributed by atoms with E-state index < -0.39 is 6.10 Å². The molecule has 1 aromatic rings. The largest absolute Gasteiger partial charge is 0.481 e. The maximum absolute atomic E-state index is 11.8. The zero-order chi connectivity index (χ0) is 15.1.